The van der Waals surface area contributed by atoms with Crippen molar-refractivity contribution >= 4 is 23.0 Å². The van der Waals surface area contributed by atoms with Gasteiger partial charge in [0.2, 0.25) is 5.91 Å². The second-order valence-corrected chi connectivity index (χ2v) is 10.4. The van der Waals surface area contributed by atoms with Gasteiger partial charge in [0.1, 0.15) is 17.8 Å². The van der Waals surface area contributed by atoms with Crippen molar-refractivity contribution in [3.8, 4) is 17.0 Å². The number of benzene rings is 1. The van der Waals surface area contributed by atoms with Gasteiger partial charge in [-0.2, -0.15) is 13.2 Å². The first-order valence-electron chi connectivity index (χ1n) is 12.7. The predicted molar refractivity (Wildman–Crippen MR) is 141 cm³/mol. The maximum atomic E-state index is 13.5. The van der Waals surface area contributed by atoms with Gasteiger partial charge in [-0.3, -0.25) is 14.2 Å². The molecule has 4 rings (SSSR count). The molecule has 2 aromatic heterocycles. The average molecular weight is 553 g/mol. The molecule has 1 N–H and O–H groups in total. The van der Waals surface area contributed by atoms with Gasteiger partial charge in [0.05, 0.1) is 24.4 Å². The lowest BCUT2D eigenvalue weighted by molar-refractivity contribution is -0.185. The molecule has 38 heavy (non-hydrogen) atoms. The maximum Gasteiger partial charge on any atom is 0.391 e. The molecule has 0 aliphatic carbocycles. The number of amides is 1. The van der Waals surface area contributed by atoms with E-state index in [1.54, 1.807) is 41.1 Å². The lowest BCUT2D eigenvalue weighted by atomic mass is 9.96. The van der Waals surface area contributed by atoms with Crippen LogP contribution in [0, 0.1) is 5.92 Å². The van der Waals surface area contributed by atoms with Crippen molar-refractivity contribution in [3.05, 3.63) is 58.1 Å². The van der Waals surface area contributed by atoms with E-state index in [1.807, 2.05) is 24.8 Å². The third-order valence-corrected chi connectivity index (χ3v) is 6.88. The molecule has 1 aliphatic rings. The number of nitrogens with one attached hydrogen (secondary N) is 1. The topological polar surface area (TPSA) is 68.0 Å². The van der Waals surface area contributed by atoms with E-state index in [2.05, 4.69) is 5.32 Å². The van der Waals surface area contributed by atoms with Crippen LogP contribution in [0.5, 0.6) is 5.75 Å². The summed E-state index contributed by atoms with van der Waals surface area (Å²) < 4.78 is 47.6. The van der Waals surface area contributed by atoms with Gasteiger partial charge in [-0.1, -0.05) is 23.7 Å². The molecule has 0 spiro atoms. The molecule has 1 amide bonds. The monoisotopic (exact) mass is 552 g/mol. The number of piperidine rings is 1. The van der Waals surface area contributed by atoms with E-state index >= 15 is 0 Å². The Hall–Kier alpha value is -2.98. The quantitative estimate of drug-likeness (QED) is 0.380. The smallest absolute Gasteiger partial charge is 0.391 e. The zero-order chi connectivity index (χ0) is 27.4. The Labute approximate surface area is 224 Å². The number of likely N-dealkylation sites (tertiary alicyclic amines) is 1. The third kappa shape index (κ3) is 6.91. The van der Waals surface area contributed by atoms with Crippen molar-refractivity contribution < 1.29 is 22.7 Å². The number of ether oxygens (including phenoxy) is 1. The van der Waals surface area contributed by atoms with Gasteiger partial charge >= 0.3 is 6.18 Å². The number of hydrogen-bond acceptors (Lipinski definition) is 4. The highest BCUT2D eigenvalue weighted by Crippen LogP contribution is 2.34. The van der Waals surface area contributed by atoms with Crippen LogP contribution >= 0.6 is 11.6 Å². The number of rotatable bonds is 9. The molecule has 0 unspecified atom stereocenters. The summed E-state index contributed by atoms with van der Waals surface area (Å²) in [7, 11) is 0. The van der Waals surface area contributed by atoms with E-state index in [0.717, 1.165) is 0 Å². The summed E-state index contributed by atoms with van der Waals surface area (Å²) in [6.45, 7) is 5.41. The second kappa shape index (κ2) is 11.8. The molecule has 11 heteroatoms. The summed E-state index contributed by atoms with van der Waals surface area (Å²) in [5.74, 6) is -0.989. The van der Waals surface area contributed by atoms with Crippen LogP contribution in [0.25, 0.3) is 16.8 Å². The largest absolute Gasteiger partial charge is 0.492 e. The van der Waals surface area contributed by atoms with Crippen molar-refractivity contribution in [2.75, 3.05) is 26.2 Å². The minimum Gasteiger partial charge on any atom is -0.492 e. The van der Waals surface area contributed by atoms with Crippen LogP contribution in [0.4, 0.5) is 13.2 Å². The van der Waals surface area contributed by atoms with Crippen LogP contribution in [0.1, 0.15) is 33.1 Å². The molecule has 7 nitrogen and oxygen atoms in total. The molecule has 3 aromatic rings. The van der Waals surface area contributed by atoms with Crippen LogP contribution in [0.2, 0.25) is 5.02 Å². The van der Waals surface area contributed by atoms with E-state index in [-0.39, 0.29) is 36.9 Å². The maximum absolute atomic E-state index is 13.5. The summed E-state index contributed by atoms with van der Waals surface area (Å²) >= 11 is 6.19. The van der Waals surface area contributed by atoms with Gasteiger partial charge in [0.15, 0.2) is 0 Å². The summed E-state index contributed by atoms with van der Waals surface area (Å²) in [4.78, 5) is 28.0. The van der Waals surface area contributed by atoms with Gasteiger partial charge < -0.3 is 19.4 Å². The van der Waals surface area contributed by atoms with E-state index in [9.17, 15) is 22.8 Å². The van der Waals surface area contributed by atoms with Crippen molar-refractivity contribution in [3.63, 3.8) is 0 Å². The fourth-order valence-electron chi connectivity index (χ4n) is 4.77. The van der Waals surface area contributed by atoms with Crippen molar-refractivity contribution in [1.82, 2.24) is 19.2 Å². The number of fused-ring (bicyclic) bond motifs is 1. The SMILES string of the molecule is CC(C)NC(=O)Cn1c(-c2cccc(Cl)c2)cn2cc(OCCCN3CCC(C(F)(F)F)CC3)cc2c1=O. The molecule has 206 valence electrons. The molecular weight excluding hydrogens is 521 g/mol. The van der Waals surface area contributed by atoms with Gasteiger partial charge in [-0.25, -0.2) is 0 Å². The number of alkyl halides is 3. The lowest BCUT2D eigenvalue weighted by Gasteiger charge is -2.32. The van der Waals surface area contributed by atoms with Crippen LogP contribution in [-0.2, 0) is 11.3 Å². The molecule has 1 fully saturated rings. The van der Waals surface area contributed by atoms with Gasteiger partial charge in [0, 0.05) is 35.4 Å². The Morgan fingerprint density at radius 2 is 1.92 bits per heavy atom. The minimum atomic E-state index is -4.11. The molecule has 0 atom stereocenters. The molecular formula is C27H32ClF3N4O3. The normalized spacial score (nSPS) is 15.3. The Morgan fingerprint density at radius 1 is 1.18 bits per heavy atom. The van der Waals surface area contributed by atoms with Crippen molar-refractivity contribution in [2.45, 2.75) is 51.9 Å². The first kappa shape index (κ1) is 28.0. The Bertz CT molecular complexity index is 1330. The number of hydrogen-bond donors (Lipinski definition) is 1. The number of carbonyl (C=O) groups excluding carboxylic acids is 1. The zero-order valence-corrected chi connectivity index (χ0v) is 22.2. The summed E-state index contributed by atoms with van der Waals surface area (Å²) in [6, 6.07) is 8.63. The molecule has 1 aliphatic heterocycles. The van der Waals surface area contributed by atoms with E-state index in [4.69, 9.17) is 16.3 Å². The minimum absolute atomic E-state index is 0.0686. The van der Waals surface area contributed by atoms with Crippen LogP contribution in [-0.4, -0.2) is 58.2 Å². The first-order chi connectivity index (χ1) is 18.0. The first-order valence-corrected chi connectivity index (χ1v) is 13.1. The highest BCUT2D eigenvalue weighted by Gasteiger charge is 2.40. The molecule has 1 saturated heterocycles. The fraction of sp³-hybridized carbons (Fsp3) is 0.481. The molecule has 1 aromatic carbocycles. The Kier molecular flexibility index (Phi) is 8.72. The predicted octanol–water partition coefficient (Wildman–Crippen LogP) is 4.99. The van der Waals surface area contributed by atoms with E-state index in [0.29, 0.717) is 60.2 Å². The summed E-state index contributed by atoms with van der Waals surface area (Å²) in [6.07, 6.45) is 0.268. The van der Waals surface area contributed by atoms with Gasteiger partial charge in [0.25, 0.3) is 5.56 Å². The molecule has 0 saturated carbocycles. The summed E-state index contributed by atoms with van der Waals surface area (Å²) in [5, 5.41) is 3.32. The van der Waals surface area contributed by atoms with E-state index < -0.39 is 12.1 Å². The molecule has 3 heterocycles. The lowest BCUT2D eigenvalue weighted by Crippen LogP contribution is -2.39. The Balaban J connectivity index is 1.47. The number of nitrogens with zero attached hydrogens (tertiary/aromatic N) is 3. The highest BCUT2D eigenvalue weighted by atomic mass is 35.5. The number of halogens is 4. The summed E-state index contributed by atoms with van der Waals surface area (Å²) in [5.41, 5.74) is 1.24. The zero-order valence-electron chi connectivity index (χ0n) is 21.4. The average Bonchev–Trinajstić information content (AvgIpc) is 3.26. The number of aromatic nitrogens is 2. The standard InChI is InChI=1S/C27H32ClF3N4O3/c1-18(2)32-25(36)17-35-24(19-5-3-6-21(28)13-19)16-34-15-22(14-23(34)26(35)37)38-12-4-9-33-10-7-20(8-11-33)27(29,30)31/h3,5-6,13-16,18,20H,4,7-12,17H2,1-2H3,(H,32,36). The van der Waals surface area contributed by atoms with Crippen LogP contribution < -0.4 is 15.6 Å². The number of carbonyl (C=O) groups is 1. The Morgan fingerprint density at radius 3 is 2.58 bits per heavy atom. The van der Waals surface area contributed by atoms with Crippen LogP contribution in [0.15, 0.2) is 47.5 Å². The van der Waals surface area contributed by atoms with Gasteiger partial charge in [-0.05, 0) is 58.3 Å². The fourth-order valence-corrected chi connectivity index (χ4v) is 4.96. The second-order valence-electron chi connectivity index (χ2n) is 9.97. The highest BCUT2D eigenvalue weighted by molar-refractivity contribution is 6.30. The molecule has 0 radical (unpaired) electrons. The van der Waals surface area contributed by atoms with Crippen molar-refractivity contribution in [1.29, 1.82) is 0 Å². The van der Waals surface area contributed by atoms with E-state index in [1.165, 1.54) is 4.57 Å². The van der Waals surface area contributed by atoms with Gasteiger partial charge in [-0.15, -0.1) is 0 Å². The molecule has 0 bridgehead atoms. The third-order valence-electron chi connectivity index (χ3n) is 6.65. The van der Waals surface area contributed by atoms with Crippen molar-refractivity contribution in [2.24, 2.45) is 5.92 Å². The van der Waals surface area contributed by atoms with Crippen LogP contribution in [0.3, 0.4) is 0 Å².